The van der Waals surface area contributed by atoms with E-state index in [0.29, 0.717) is 12.5 Å². The molecule has 0 aliphatic rings. The SMILES string of the molecule is CN(C)C(N)=NCCn1ccc2cc(Cl)ccc21. The average Bonchev–Trinajstić information content (AvgIpc) is 2.71. The maximum Gasteiger partial charge on any atom is 0.190 e. The van der Waals surface area contributed by atoms with Crippen LogP contribution in [0.1, 0.15) is 0 Å². The Morgan fingerprint density at radius 3 is 2.89 bits per heavy atom. The Kier molecular flexibility index (Phi) is 3.77. The smallest absolute Gasteiger partial charge is 0.190 e. The fraction of sp³-hybridized carbons (Fsp3) is 0.308. The lowest BCUT2D eigenvalue weighted by atomic mass is 10.2. The highest BCUT2D eigenvalue weighted by atomic mass is 35.5. The van der Waals surface area contributed by atoms with Gasteiger partial charge in [-0.2, -0.15) is 0 Å². The van der Waals surface area contributed by atoms with Crippen molar-refractivity contribution >= 4 is 28.5 Å². The number of benzene rings is 1. The normalized spacial score (nSPS) is 12.1. The van der Waals surface area contributed by atoms with Crippen molar-refractivity contribution in [1.82, 2.24) is 9.47 Å². The highest BCUT2D eigenvalue weighted by Gasteiger charge is 2.01. The summed E-state index contributed by atoms with van der Waals surface area (Å²) in [5.41, 5.74) is 6.90. The first-order valence-corrected chi connectivity index (χ1v) is 6.17. The van der Waals surface area contributed by atoms with E-state index in [4.69, 9.17) is 17.3 Å². The molecule has 0 aliphatic carbocycles. The van der Waals surface area contributed by atoms with Crippen LogP contribution >= 0.6 is 11.6 Å². The molecule has 4 nitrogen and oxygen atoms in total. The summed E-state index contributed by atoms with van der Waals surface area (Å²) >= 11 is 5.96. The third kappa shape index (κ3) is 2.76. The summed E-state index contributed by atoms with van der Waals surface area (Å²) in [6.07, 6.45) is 2.04. The summed E-state index contributed by atoms with van der Waals surface area (Å²) < 4.78 is 2.15. The van der Waals surface area contributed by atoms with Gasteiger partial charge in [0.1, 0.15) is 0 Å². The molecule has 18 heavy (non-hydrogen) atoms. The van der Waals surface area contributed by atoms with E-state index in [1.54, 1.807) is 4.90 Å². The Balaban J connectivity index is 2.11. The van der Waals surface area contributed by atoms with Crippen LogP contribution in [0, 0.1) is 0 Å². The van der Waals surface area contributed by atoms with E-state index in [1.807, 2.05) is 38.5 Å². The second-order valence-corrected chi connectivity index (χ2v) is 4.78. The van der Waals surface area contributed by atoms with Crippen LogP contribution in [0.4, 0.5) is 0 Å². The molecular formula is C13H17ClN4. The summed E-state index contributed by atoms with van der Waals surface area (Å²) in [4.78, 5) is 6.10. The number of hydrogen-bond acceptors (Lipinski definition) is 1. The first kappa shape index (κ1) is 12.8. The van der Waals surface area contributed by atoms with Crippen molar-refractivity contribution < 1.29 is 0 Å². The number of halogens is 1. The molecule has 0 aliphatic heterocycles. The van der Waals surface area contributed by atoms with Gasteiger partial charge in [-0.05, 0) is 24.3 Å². The van der Waals surface area contributed by atoms with Gasteiger partial charge >= 0.3 is 0 Å². The van der Waals surface area contributed by atoms with Crippen LogP contribution in [0.15, 0.2) is 35.5 Å². The lowest BCUT2D eigenvalue weighted by Gasteiger charge is -2.10. The number of aromatic nitrogens is 1. The van der Waals surface area contributed by atoms with Gasteiger partial charge in [0, 0.05) is 42.8 Å². The van der Waals surface area contributed by atoms with Crippen molar-refractivity contribution in [2.75, 3.05) is 20.6 Å². The minimum absolute atomic E-state index is 0.550. The molecule has 0 radical (unpaired) electrons. The quantitative estimate of drug-likeness (QED) is 0.682. The Labute approximate surface area is 112 Å². The molecule has 0 unspecified atom stereocenters. The molecule has 5 heteroatoms. The van der Waals surface area contributed by atoms with Gasteiger partial charge < -0.3 is 15.2 Å². The average molecular weight is 265 g/mol. The van der Waals surface area contributed by atoms with Crippen LogP contribution in [0.5, 0.6) is 0 Å². The molecule has 96 valence electrons. The Morgan fingerprint density at radius 2 is 2.17 bits per heavy atom. The molecular weight excluding hydrogens is 248 g/mol. The second kappa shape index (κ2) is 5.31. The van der Waals surface area contributed by atoms with E-state index in [-0.39, 0.29) is 0 Å². The summed E-state index contributed by atoms with van der Waals surface area (Å²) in [5.74, 6) is 0.550. The molecule has 2 N–H and O–H groups in total. The fourth-order valence-electron chi connectivity index (χ4n) is 1.78. The van der Waals surface area contributed by atoms with Crippen LogP contribution < -0.4 is 5.73 Å². The van der Waals surface area contributed by atoms with E-state index in [9.17, 15) is 0 Å². The number of guanidine groups is 1. The Morgan fingerprint density at radius 1 is 1.39 bits per heavy atom. The third-order valence-electron chi connectivity index (χ3n) is 2.81. The van der Waals surface area contributed by atoms with Crippen molar-refractivity contribution in [3.05, 3.63) is 35.5 Å². The van der Waals surface area contributed by atoms with E-state index in [2.05, 4.69) is 15.6 Å². The van der Waals surface area contributed by atoms with E-state index in [0.717, 1.165) is 22.5 Å². The van der Waals surface area contributed by atoms with Crippen molar-refractivity contribution in [3.8, 4) is 0 Å². The van der Waals surface area contributed by atoms with Crippen molar-refractivity contribution in [3.63, 3.8) is 0 Å². The number of rotatable bonds is 3. The van der Waals surface area contributed by atoms with Crippen LogP contribution in [0.2, 0.25) is 5.02 Å². The highest BCUT2D eigenvalue weighted by molar-refractivity contribution is 6.31. The fourth-order valence-corrected chi connectivity index (χ4v) is 1.96. The monoisotopic (exact) mass is 264 g/mol. The zero-order valence-electron chi connectivity index (χ0n) is 10.6. The van der Waals surface area contributed by atoms with Gasteiger partial charge in [0.15, 0.2) is 5.96 Å². The molecule has 2 rings (SSSR count). The van der Waals surface area contributed by atoms with E-state index >= 15 is 0 Å². The summed E-state index contributed by atoms with van der Waals surface area (Å²) in [7, 11) is 3.76. The number of nitrogens with zero attached hydrogens (tertiary/aromatic N) is 3. The van der Waals surface area contributed by atoms with Crippen molar-refractivity contribution in [2.24, 2.45) is 10.7 Å². The molecule has 0 atom stereocenters. The maximum absolute atomic E-state index is 5.96. The molecule has 1 heterocycles. The number of hydrogen-bond donors (Lipinski definition) is 1. The zero-order chi connectivity index (χ0) is 13.1. The topological polar surface area (TPSA) is 46.5 Å². The van der Waals surface area contributed by atoms with Crippen LogP contribution in [0.25, 0.3) is 10.9 Å². The standard InChI is InChI=1S/C13H17ClN4/c1-17(2)13(15)16-6-8-18-7-5-10-9-11(14)3-4-12(10)18/h3-5,7,9H,6,8H2,1-2H3,(H2,15,16). The number of fused-ring (bicyclic) bond motifs is 1. The molecule has 0 saturated carbocycles. The van der Waals surface area contributed by atoms with Gasteiger partial charge in [0.2, 0.25) is 0 Å². The van der Waals surface area contributed by atoms with Crippen molar-refractivity contribution in [1.29, 1.82) is 0 Å². The van der Waals surface area contributed by atoms with Gasteiger partial charge in [-0.25, -0.2) is 0 Å². The molecule has 0 fully saturated rings. The van der Waals surface area contributed by atoms with Gasteiger partial charge in [0.25, 0.3) is 0 Å². The van der Waals surface area contributed by atoms with Crippen LogP contribution in [0.3, 0.4) is 0 Å². The third-order valence-corrected chi connectivity index (χ3v) is 3.04. The lowest BCUT2D eigenvalue weighted by Crippen LogP contribution is -2.30. The molecule has 1 aromatic heterocycles. The minimum Gasteiger partial charge on any atom is -0.370 e. The predicted molar refractivity (Wildman–Crippen MR) is 77.1 cm³/mol. The largest absolute Gasteiger partial charge is 0.370 e. The second-order valence-electron chi connectivity index (χ2n) is 4.35. The Bertz CT molecular complexity index is 571. The molecule has 1 aromatic carbocycles. The molecule has 0 amide bonds. The van der Waals surface area contributed by atoms with Gasteiger partial charge in [-0.15, -0.1) is 0 Å². The molecule has 0 saturated heterocycles. The number of aliphatic imine (C=N–C) groups is 1. The van der Waals surface area contributed by atoms with E-state index < -0.39 is 0 Å². The highest BCUT2D eigenvalue weighted by Crippen LogP contribution is 2.20. The van der Waals surface area contributed by atoms with Crippen LogP contribution in [-0.2, 0) is 6.54 Å². The summed E-state index contributed by atoms with van der Waals surface area (Å²) in [6, 6.07) is 7.94. The maximum atomic E-state index is 5.96. The minimum atomic E-state index is 0.550. The predicted octanol–water partition coefficient (Wildman–Crippen LogP) is 2.17. The zero-order valence-corrected chi connectivity index (χ0v) is 11.4. The van der Waals surface area contributed by atoms with E-state index in [1.165, 1.54) is 0 Å². The molecule has 0 bridgehead atoms. The van der Waals surface area contributed by atoms with Gasteiger partial charge in [-0.3, -0.25) is 4.99 Å². The number of nitrogens with two attached hydrogens (primary N) is 1. The Hall–Kier alpha value is -1.68. The van der Waals surface area contributed by atoms with Crippen molar-refractivity contribution in [2.45, 2.75) is 6.54 Å². The lowest BCUT2D eigenvalue weighted by molar-refractivity contribution is 0.604. The summed E-state index contributed by atoms with van der Waals surface area (Å²) in [5, 5.41) is 1.90. The first-order valence-electron chi connectivity index (χ1n) is 5.79. The molecule has 0 spiro atoms. The summed E-state index contributed by atoms with van der Waals surface area (Å²) in [6.45, 7) is 1.47. The molecule has 2 aromatic rings. The first-order chi connectivity index (χ1) is 8.58. The van der Waals surface area contributed by atoms with Gasteiger partial charge in [0.05, 0.1) is 6.54 Å². The van der Waals surface area contributed by atoms with Gasteiger partial charge in [-0.1, -0.05) is 11.6 Å². The van der Waals surface area contributed by atoms with Crippen LogP contribution in [-0.4, -0.2) is 36.1 Å².